The van der Waals surface area contributed by atoms with Crippen molar-refractivity contribution in [1.29, 1.82) is 0 Å². The Morgan fingerprint density at radius 1 is 1.04 bits per heavy atom. The SMILES string of the molecule is CC(C)(C)OP(=O)(Oc1ccccc1COC(=O)Cl)OC(C)(C)C. The van der Waals surface area contributed by atoms with Gasteiger partial charge in [0.25, 0.3) is 0 Å². The number of hydrogen-bond acceptors (Lipinski definition) is 6. The molecule has 0 aromatic heterocycles. The fraction of sp³-hybridized carbons (Fsp3) is 0.562. The van der Waals surface area contributed by atoms with Crippen LogP contribution >= 0.6 is 19.4 Å². The zero-order chi connectivity index (χ0) is 18.6. The summed E-state index contributed by atoms with van der Waals surface area (Å²) in [6, 6.07) is 6.67. The third-order valence-corrected chi connectivity index (χ3v) is 4.37. The minimum Gasteiger partial charge on any atom is -0.449 e. The van der Waals surface area contributed by atoms with Gasteiger partial charge in [0.05, 0.1) is 11.2 Å². The molecule has 136 valence electrons. The van der Waals surface area contributed by atoms with Crippen molar-refractivity contribution in [2.24, 2.45) is 0 Å². The van der Waals surface area contributed by atoms with E-state index in [2.05, 4.69) is 0 Å². The van der Waals surface area contributed by atoms with Crippen molar-refractivity contribution in [3.8, 4) is 5.75 Å². The van der Waals surface area contributed by atoms with Gasteiger partial charge in [0.2, 0.25) is 0 Å². The van der Waals surface area contributed by atoms with Gasteiger partial charge in [0.1, 0.15) is 12.4 Å². The molecule has 1 rings (SSSR count). The highest BCUT2D eigenvalue weighted by Gasteiger charge is 2.39. The van der Waals surface area contributed by atoms with Crippen LogP contribution in [-0.2, 0) is 25.0 Å². The van der Waals surface area contributed by atoms with Crippen molar-refractivity contribution in [2.75, 3.05) is 0 Å². The fourth-order valence-electron chi connectivity index (χ4n) is 1.69. The highest BCUT2D eigenvalue weighted by Crippen LogP contribution is 2.55. The summed E-state index contributed by atoms with van der Waals surface area (Å²) in [4.78, 5) is 10.8. The average Bonchev–Trinajstić information content (AvgIpc) is 2.32. The van der Waals surface area contributed by atoms with Gasteiger partial charge in [-0.3, -0.25) is 9.05 Å². The summed E-state index contributed by atoms with van der Waals surface area (Å²) in [6.45, 7) is 10.4. The van der Waals surface area contributed by atoms with E-state index >= 15 is 0 Å². The number of halogens is 1. The zero-order valence-electron chi connectivity index (χ0n) is 14.8. The quantitative estimate of drug-likeness (QED) is 0.468. The molecule has 0 saturated heterocycles. The van der Waals surface area contributed by atoms with E-state index in [9.17, 15) is 9.36 Å². The van der Waals surface area contributed by atoms with Gasteiger partial charge in [0.15, 0.2) is 0 Å². The molecular formula is C16H24ClO6P. The molecular weight excluding hydrogens is 355 g/mol. The van der Waals surface area contributed by atoms with E-state index in [0.717, 1.165) is 0 Å². The van der Waals surface area contributed by atoms with Crippen molar-refractivity contribution < 1.29 is 27.7 Å². The molecule has 24 heavy (non-hydrogen) atoms. The van der Waals surface area contributed by atoms with Crippen LogP contribution in [0.1, 0.15) is 47.1 Å². The van der Waals surface area contributed by atoms with Crippen LogP contribution in [0.15, 0.2) is 24.3 Å². The summed E-state index contributed by atoms with van der Waals surface area (Å²) in [5.74, 6) is 0.229. The first-order valence-corrected chi connectivity index (χ1v) is 9.25. The Hall–Kier alpha value is -1.07. The van der Waals surface area contributed by atoms with Crippen molar-refractivity contribution in [2.45, 2.75) is 59.4 Å². The number of phosphoric ester groups is 1. The topological polar surface area (TPSA) is 71.1 Å². The van der Waals surface area contributed by atoms with E-state index in [1.807, 2.05) is 0 Å². The van der Waals surface area contributed by atoms with Crippen molar-refractivity contribution in [1.82, 2.24) is 0 Å². The Labute approximate surface area is 148 Å². The van der Waals surface area contributed by atoms with Crippen LogP contribution in [0.25, 0.3) is 0 Å². The largest absolute Gasteiger partial charge is 0.531 e. The number of ether oxygens (including phenoxy) is 1. The molecule has 0 spiro atoms. The molecule has 0 atom stereocenters. The van der Waals surface area contributed by atoms with E-state index in [1.165, 1.54) is 0 Å². The van der Waals surface area contributed by atoms with E-state index in [1.54, 1.807) is 65.8 Å². The second kappa shape index (κ2) is 7.87. The number of phosphoric acid groups is 1. The maximum Gasteiger partial charge on any atom is 0.531 e. The predicted molar refractivity (Wildman–Crippen MR) is 92.4 cm³/mol. The van der Waals surface area contributed by atoms with Gasteiger partial charge >= 0.3 is 13.3 Å². The Kier molecular flexibility index (Phi) is 6.88. The maximum atomic E-state index is 13.1. The summed E-state index contributed by atoms with van der Waals surface area (Å²) < 4.78 is 34.6. The molecule has 0 amide bonds. The summed E-state index contributed by atoms with van der Waals surface area (Å²) in [7, 11) is -3.93. The number of rotatable bonds is 6. The molecule has 6 nitrogen and oxygen atoms in total. The van der Waals surface area contributed by atoms with Gasteiger partial charge in [-0.1, -0.05) is 18.2 Å². The van der Waals surface area contributed by atoms with Crippen LogP contribution in [0.2, 0.25) is 0 Å². The predicted octanol–water partition coefficient (Wildman–Crippen LogP) is 5.68. The maximum absolute atomic E-state index is 13.1. The van der Waals surface area contributed by atoms with Crippen LogP contribution in [0, 0.1) is 0 Å². The van der Waals surface area contributed by atoms with Crippen molar-refractivity contribution in [3.63, 3.8) is 0 Å². The number of carbonyl (C=O) groups is 1. The first-order valence-electron chi connectivity index (χ1n) is 7.41. The summed E-state index contributed by atoms with van der Waals surface area (Å²) in [6.07, 6.45) is 0. The number of hydrogen-bond donors (Lipinski definition) is 0. The van der Waals surface area contributed by atoms with Gasteiger partial charge in [-0.2, -0.15) is 0 Å². The molecule has 0 fully saturated rings. The van der Waals surface area contributed by atoms with Crippen LogP contribution < -0.4 is 4.52 Å². The summed E-state index contributed by atoms with van der Waals surface area (Å²) in [5.41, 5.74) is -1.96. The van der Waals surface area contributed by atoms with Gasteiger partial charge in [-0.25, -0.2) is 9.36 Å². The van der Waals surface area contributed by atoms with Gasteiger partial charge in [0, 0.05) is 17.2 Å². The van der Waals surface area contributed by atoms with Gasteiger partial charge < -0.3 is 9.26 Å². The zero-order valence-corrected chi connectivity index (χ0v) is 16.4. The average molecular weight is 379 g/mol. The molecule has 0 bridgehead atoms. The molecule has 0 aliphatic carbocycles. The molecule has 0 aliphatic heterocycles. The van der Waals surface area contributed by atoms with Crippen LogP contribution in [0.4, 0.5) is 4.79 Å². The first kappa shape index (κ1) is 21.0. The molecule has 1 aromatic carbocycles. The third-order valence-electron chi connectivity index (χ3n) is 2.30. The van der Waals surface area contributed by atoms with Gasteiger partial charge in [-0.15, -0.1) is 0 Å². The molecule has 0 aliphatic rings. The summed E-state index contributed by atoms with van der Waals surface area (Å²) >= 11 is 5.18. The minimum absolute atomic E-state index is 0.121. The lowest BCUT2D eigenvalue weighted by Gasteiger charge is -2.31. The Bertz CT molecular complexity index is 598. The van der Waals surface area contributed by atoms with E-state index < -0.39 is 24.5 Å². The molecule has 0 unspecified atom stereocenters. The highest BCUT2D eigenvalue weighted by atomic mass is 35.5. The second-order valence-corrected chi connectivity index (χ2v) is 8.83. The fourth-order valence-corrected chi connectivity index (χ4v) is 3.62. The van der Waals surface area contributed by atoms with Crippen LogP contribution in [-0.4, -0.2) is 16.6 Å². The Morgan fingerprint density at radius 2 is 1.54 bits per heavy atom. The Morgan fingerprint density at radius 3 is 2.00 bits per heavy atom. The monoisotopic (exact) mass is 378 g/mol. The number of benzene rings is 1. The molecule has 8 heteroatoms. The molecule has 0 saturated carbocycles. The lowest BCUT2D eigenvalue weighted by molar-refractivity contribution is 0.0221. The smallest absolute Gasteiger partial charge is 0.449 e. The van der Waals surface area contributed by atoms with Gasteiger partial charge in [-0.05, 0) is 47.6 Å². The Balaban J connectivity index is 3.10. The molecule has 1 aromatic rings. The highest BCUT2D eigenvalue weighted by molar-refractivity contribution is 7.49. The lowest BCUT2D eigenvalue weighted by atomic mass is 10.2. The lowest BCUT2D eigenvalue weighted by Crippen LogP contribution is -2.25. The molecule has 0 N–H and O–H groups in total. The van der Waals surface area contributed by atoms with Crippen molar-refractivity contribution >= 4 is 24.9 Å². The summed E-state index contributed by atoms with van der Waals surface area (Å²) in [5, 5.41) is 0. The van der Waals surface area contributed by atoms with E-state index in [-0.39, 0.29) is 12.4 Å². The van der Waals surface area contributed by atoms with Crippen molar-refractivity contribution in [3.05, 3.63) is 29.8 Å². The van der Waals surface area contributed by atoms with E-state index in [0.29, 0.717) is 5.56 Å². The standard InChI is InChI=1S/C16H24ClO6P/c1-15(2,3)22-24(19,23-16(4,5)6)21-13-10-8-7-9-12(13)11-20-14(17)18/h7-10H,11H2,1-6H3. The van der Waals surface area contributed by atoms with Crippen LogP contribution in [0.3, 0.4) is 0 Å². The normalized spacial score (nSPS) is 12.8. The molecule has 0 radical (unpaired) electrons. The van der Waals surface area contributed by atoms with Crippen LogP contribution in [0.5, 0.6) is 5.75 Å². The first-order chi connectivity index (χ1) is 10.8. The third kappa shape index (κ3) is 8.15. The molecule has 0 heterocycles. The number of carbonyl (C=O) groups excluding carboxylic acids is 1. The second-order valence-electron chi connectivity index (χ2n) is 7.08. The minimum atomic E-state index is -3.93. The number of para-hydroxylation sites is 1. The van der Waals surface area contributed by atoms with E-state index in [4.69, 9.17) is 29.9 Å².